The molecular weight excluding hydrogens is 312 g/mol. The molecular formula is C13H17BrN2O3. The number of amides is 2. The number of aliphatic hydroxyl groups excluding tert-OH is 1. The molecule has 1 saturated heterocycles. The predicted octanol–water partition coefficient (Wildman–Crippen LogP) is 1.86. The highest BCUT2D eigenvalue weighted by Crippen LogP contribution is 2.33. The van der Waals surface area contributed by atoms with Gasteiger partial charge in [-0.25, -0.2) is 4.79 Å². The smallest absolute Gasteiger partial charge is 0.320 e. The van der Waals surface area contributed by atoms with Gasteiger partial charge in [-0.3, -0.25) is 0 Å². The second-order valence-electron chi connectivity index (χ2n) is 4.47. The molecule has 6 heteroatoms. The average Bonchev–Trinajstić information content (AvgIpc) is 2.67. The summed E-state index contributed by atoms with van der Waals surface area (Å²) in [6.45, 7) is 0.949. The van der Waals surface area contributed by atoms with Crippen LogP contribution >= 0.6 is 15.9 Å². The van der Waals surface area contributed by atoms with E-state index in [1.54, 1.807) is 24.0 Å². The lowest BCUT2D eigenvalue weighted by Crippen LogP contribution is -2.31. The average molecular weight is 329 g/mol. The molecule has 5 nitrogen and oxygen atoms in total. The van der Waals surface area contributed by atoms with Gasteiger partial charge in [0.15, 0.2) is 0 Å². The van der Waals surface area contributed by atoms with Gasteiger partial charge in [0.1, 0.15) is 5.75 Å². The number of aliphatic hydroxyl groups is 1. The van der Waals surface area contributed by atoms with Crippen molar-refractivity contribution in [3.05, 3.63) is 28.2 Å². The van der Waals surface area contributed by atoms with Crippen molar-refractivity contribution in [3.63, 3.8) is 0 Å². The lowest BCUT2D eigenvalue weighted by molar-refractivity contribution is 0.182. The van der Waals surface area contributed by atoms with Crippen LogP contribution in [0.2, 0.25) is 0 Å². The lowest BCUT2D eigenvalue weighted by Gasteiger charge is -2.18. The van der Waals surface area contributed by atoms with Crippen LogP contribution in [-0.2, 0) is 0 Å². The standard InChI is InChI=1S/C13H17BrN2O3/c1-15-11(8-16(5-6-17)13(15)18)9-3-4-12(19-2)10(14)7-9/h3-4,7,11,17H,5-6,8H2,1-2H3. The molecule has 0 aromatic heterocycles. The van der Waals surface area contributed by atoms with Gasteiger partial charge >= 0.3 is 6.03 Å². The number of rotatable bonds is 4. The monoisotopic (exact) mass is 328 g/mol. The summed E-state index contributed by atoms with van der Waals surface area (Å²) in [4.78, 5) is 15.3. The molecule has 1 heterocycles. The number of hydrogen-bond acceptors (Lipinski definition) is 3. The first-order valence-electron chi connectivity index (χ1n) is 6.04. The molecule has 1 aliphatic rings. The van der Waals surface area contributed by atoms with Crippen molar-refractivity contribution in [2.45, 2.75) is 6.04 Å². The molecule has 1 aromatic carbocycles. The number of nitrogens with zero attached hydrogens (tertiary/aromatic N) is 2. The van der Waals surface area contributed by atoms with Gasteiger partial charge in [-0.05, 0) is 33.6 Å². The summed E-state index contributed by atoms with van der Waals surface area (Å²) in [5.41, 5.74) is 1.05. The second-order valence-corrected chi connectivity index (χ2v) is 5.33. The van der Waals surface area contributed by atoms with E-state index in [1.807, 2.05) is 18.2 Å². The third-order valence-electron chi connectivity index (χ3n) is 3.36. The molecule has 104 valence electrons. The van der Waals surface area contributed by atoms with Gasteiger partial charge in [-0.1, -0.05) is 6.07 Å². The summed E-state index contributed by atoms with van der Waals surface area (Å²) in [6, 6.07) is 5.76. The Balaban J connectivity index is 2.22. The van der Waals surface area contributed by atoms with Gasteiger partial charge in [-0.2, -0.15) is 0 Å². The number of ether oxygens (including phenoxy) is 1. The van der Waals surface area contributed by atoms with Crippen LogP contribution in [0.5, 0.6) is 5.75 Å². The number of urea groups is 1. The van der Waals surface area contributed by atoms with Crippen LogP contribution < -0.4 is 4.74 Å². The summed E-state index contributed by atoms with van der Waals surface area (Å²) < 4.78 is 6.07. The maximum atomic E-state index is 12.0. The Kier molecular flexibility index (Phi) is 4.31. The fraction of sp³-hybridized carbons (Fsp3) is 0.462. The largest absolute Gasteiger partial charge is 0.496 e. The first kappa shape index (κ1) is 14.1. The summed E-state index contributed by atoms with van der Waals surface area (Å²) in [5, 5.41) is 8.96. The minimum atomic E-state index is -0.0500. The van der Waals surface area contributed by atoms with E-state index < -0.39 is 0 Å². The number of carbonyl (C=O) groups is 1. The number of benzene rings is 1. The minimum Gasteiger partial charge on any atom is -0.496 e. The van der Waals surface area contributed by atoms with E-state index in [-0.39, 0.29) is 18.7 Å². The van der Waals surface area contributed by atoms with E-state index in [9.17, 15) is 4.79 Å². The van der Waals surface area contributed by atoms with Gasteiger partial charge in [0.2, 0.25) is 0 Å². The highest BCUT2D eigenvalue weighted by Gasteiger charge is 2.35. The van der Waals surface area contributed by atoms with Crippen molar-refractivity contribution in [1.29, 1.82) is 0 Å². The molecule has 0 radical (unpaired) electrons. The molecule has 0 aliphatic carbocycles. The molecule has 1 unspecified atom stereocenters. The topological polar surface area (TPSA) is 53.0 Å². The Morgan fingerprint density at radius 1 is 1.53 bits per heavy atom. The number of hydrogen-bond donors (Lipinski definition) is 1. The van der Waals surface area contributed by atoms with Crippen molar-refractivity contribution in [2.24, 2.45) is 0 Å². The van der Waals surface area contributed by atoms with Gasteiger partial charge in [0.25, 0.3) is 0 Å². The van der Waals surface area contributed by atoms with Gasteiger partial charge in [0, 0.05) is 20.1 Å². The summed E-state index contributed by atoms with van der Waals surface area (Å²) in [7, 11) is 3.40. The predicted molar refractivity (Wildman–Crippen MR) is 75.3 cm³/mol. The van der Waals surface area contributed by atoms with Crippen LogP contribution in [0.15, 0.2) is 22.7 Å². The zero-order valence-corrected chi connectivity index (χ0v) is 12.6. The molecule has 1 aromatic rings. The Morgan fingerprint density at radius 2 is 2.26 bits per heavy atom. The van der Waals surface area contributed by atoms with Crippen LogP contribution in [0.25, 0.3) is 0 Å². The highest BCUT2D eigenvalue weighted by molar-refractivity contribution is 9.10. The van der Waals surface area contributed by atoms with Crippen molar-refractivity contribution in [1.82, 2.24) is 9.80 Å². The second kappa shape index (κ2) is 5.79. The number of halogens is 1. The summed E-state index contributed by atoms with van der Waals surface area (Å²) in [5.74, 6) is 0.767. The van der Waals surface area contributed by atoms with Crippen LogP contribution in [-0.4, -0.2) is 54.8 Å². The van der Waals surface area contributed by atoms with Gasteiger partial charge in [0.05, 0.1) is 24.2 Å². The molecule has 1 aliphatic heterocycles. The van der Waals surface area contributed by atoms with E-state index in [4.69, 9.17) is 9.84 Å². The molecule has 1 fully saturated rings. The number of methoxy groups -OCH3 is 1. The summed E-state index contributed by atoms with van der Waals surface area (Å²) in [6.07, 6.45) is 0. The van der Waals surface area contributed by atoms with Crippen molar-refractivity contribution < 1.29 is 14.6 Å². The van der Waals surface area contributed by atoms with Crippen molar-refractivity contribution >= 4 is 22.0 Å². The Bertz CT molecular complexity index is 481. The first-order chi connectivity index (χ1) is 9.08. The van der Waals surface area contributed by atoms with Gasteiger partial charge < -0.3 is 19.6 Å². The maximum absolute atomic E-state index is 12.0. The molecule has 1 N–H and O–H groups in total. The van der Waals surface area contributed by atoms with Crippen LogP contribution in [0.4, 0.5) is 4.79 Å². The fourth-order valence-electron chi connectivity index (χ4n) is 2.29. The normalized spacial score (nSPS) is 19.2. The van der Waals surface area contributed by atoms with Crippen molar-refractivity contribution in [3.8, 4) is 5.75 Å². The van der Waals surface area contributed by atoms with Crippen LogP contribution in [0.1, 0.15) is 11.6 Å². The van der Waals surface area contributed by atoms with E-state index in [0.29, 0.717) is 13.1 Å². The Labute approximate surface area is 120 Å². The third kappa shape index (κ3) is 2.69. The van der Waals surface area contributed by atoms with Crippen LogP contribution in [0.3, 0.4) is 0 Å². The third-order valence-corrected chi connectivity index (χ3v) is 3.98. The zero-order valence-electron chi connectivity index (χ0n) is 11.0. The quantitative estimate of drug-likeness (QED) is 0.917. The molecule has 0 saturated carbocycles. The zero-order chi connectivity index (χ0) is 14.0. The molecule has 2 rings (SSSR count). The molecule has 0 spiro atoms. The maximum Gasteiger partial charge on any atom is 0.320 e. The summed E-state index contributed by atoms with van der Waals surface area (Å²) >= 11 is 3.45. The van der Waals surface area contributed by atoms with E-state index in [0.717, 1.165) is 15.8 Å². The molecule has 2 amide bonds. The van der Waals surface area contributed by atoms with E-state index in [2.05, 4.69) is 15.9 Å². The fourth-order valence-corrected chi connectivity index (χ4v) is 2.85. The number of carbonyl (C=O) groups excluding carboxylic acids is 1. The number of likely N-dealkylation sites (N-methyl/N-ethyl adjacent to an activating group) is 1. The molecule has 1 atom stereocenters. The van der Waals surface area contributed by atoms with Gasteiger partial charge in [-0.15, -0.1) is 0 Å². The number of β-amino-alcohol motifs (C(OH)–C–C–N with tert-alkyl or cyclic N) is 1. The lowest BCUT2D eigenvalue weighted by atomic mass is 10.1. The SMILES string of the molecule is COc1ccc(C2CN(CCO)C(=O)N2C)cc1Br. The highest BCUT2D eigenvalue weighted by atomic mass is 79.9. The van der Waals surface area contributed by atoms with Crippen LogP contribution in [0, 0.1) is 0 Å². The molecule has 19 heavy (non-hydrogen) atoms. The van der Waals surface area contributed by atoms with Crippen molar-refractivity contribution in [2.75, 3.05) is 33.9 Å². The Hall–Kier alpha value is -1.27. The minimum absolute atomic E-state index is 0.00116. The molecule has 0 bridgehead atoms. The first-order valence-corrected chi connectivity index (χ1v) is 6.83. The Morgan fingerprint density at radius 3 is 2.84 bits per heavy atom. The van der Waals surface area contributed by atoms with E-state index >= 15 is 0 Å². The van der Waals surface area contributed by atoms with E-state index in [1.165, 1.54) is 0 Å².